The van der Waals surface area contributed by atoms with E-state index in [-0.39, 0.29) is 5.91 Å². The molecule has 0 fully saturated rings. The molecule has 0 aliphatic rings. The Kier molecular flexibility index (Phi) is 4.54. The topological polar surface area (TPSA) is 43.6 Å². The molecule has 4 rings (SSSR count). The summed E-state index contributed by atoms with van der Waals surface area (Å²) in [5.74, 6) is 0.255. The normalized spacial score (nSPS) is 12.0. The average Bonchev–Trinajstić information content (AvgIpc) is 3.02. The molecule has 136 valence electrons. The zero-order chi connectivity index (χ0) is 19.0. The van der Waals surface area contributed by atoms with Crippen molar-refractivity contribution < 1.29 is 9.53 Å². The Morgan fingerprint density at radius 2 is 1.85 bits per heavy atom. The predicted octanol–water partition coefficient (Wildman–Crippen LogP) is 4.93. The molecule has 1 amide bonds. The summed E-state index contributed by atoms with van der Waals surface area (Å²) in [6, 6.07) is 18.0. The van der Waals surface area contributed by atoms with Gasteiger partial charge in [0.2, 0.25) is 0 Å². The van der Waals surface area contributed by atoms with Gasteiger partial charge in [-0.25, -0.2) is 0 Å². The number of aromatic nitrogens is 1. The molecule has 0 unspecified atom stereocenters. The number of carbonyl (C=O) groups excluding carboxylic acids is 1. The maximum Gasteiger partial charge on any atom is 0.283 e. The van der Waals surface area contributed by atoms with Gasteiger partial charge in [-0.15, -0.1) is 0 Å². The van der Waals surface area contributed by atoms with E-state index in [9.17, 15) is 4.79 Å². The monoisotopic (exact) mass is 376 g/mol. The molecule has 0 spiro atoms. The number of hydrogen-bond acceptors (Lipinski definition) is 3. The number of fused-ring (bicyclic) bond motifs is 2. The van der Waals surface area contributed by atoms with Gasteiger partial charge in [0, 0.05) is 6.54 Å². The van der Waals surface area contributed by atoms with E-state index in [4.69, 9.17) is 4.74 Å². The summed E-state index contributed by atoms with van der Waals surface area (Å²) < 4.78 is 8.67. The summed E-state index contributed by atoms with van der Waals surface area (Å²) in [4.78, 5) is 18.1. The lowest BCUT2D eigenvalue weighted by molar-refractivity contribution is 0.0995. The van der Waals surface area contributed by atoms with Gasteiger partial charge < -0.3 is 9.30 Å². The average molecular weight is 376 g/mol. The summed E-state index contributed by atoms with van der Waals surface area (Å²) in [7, 11) is 1.58. The van der Waals surface area contributed by atoms with E-state index in [2.05, 4.69) is 41.6 Å². The minimum Gasteiger partial charge on any atom is -0.496 e. The molecule has 0 aliphatic heterocycles. The molecular weight excluding hydrogens is 356 g/mol. The van der Waals surface area contributed by atoms with E-state index in [0.29, 0.717) is 16.1 Å². The Hall–Kier alpha value is -2.92. The van der Waals surface area contributed by atoms with E-state index >= 15 is 0 Å². The largest absolute Gasteiger partial charge is 0.496 e. The molecule has 4 aromatic rings. The van der Waals surface area contributed by atoms with Gasteiger partial charge in [-0.1, -0.05) is 41.7 Å². The molecule has 0 bridgehead atoms. The molecule has 4 nitrogen and oxygen atoms in total. The van der Waals surface area contributed by atoms with Crippen molar-refractivity contribution in [1.82, 2.24) is 4.57 Å². The van der Waals surface area contributed by atoms with Crippen LogP contribution in [0.1, 0.15) is 22.8 Å². The molecular formula is C22H20N2O2S. The van der Waals surface area contributed by atoms with Crippen LogP contribution < -0.4 is 9.54 Å². The second kappa shape index (κ2) is 7.00. The molecule has 0 atom stereocenters. The molecule has 1 heterocycles. The van der Waals surface area contributed by atoms with Crippen molar-refractivity contribution in [3.63, 3.8) is 0 Å². The van der Waals surface area contributed by atoms with E-state index in [0.717, 1.165) is 27.5 Å². The fourth-order valence-corrected chi connectivity index (χ4v) is 4.46. The summed E-state index contributed by atoms with van der Waals surface area (Å²) in [6.07, 6.45) is 0. The standard InChI is InChI=1S/C22H20N2O2S/c1-4-24-18-10-9-14(2)11-20(18)27-22(24)23-21(25)17-12-15-7-5-6-8-16(15)13-19(17)26-3/h5-13H,4H2,1-3H3. The molecule has 0 N–H and O–H groups in total. The maximum atomic E-state index is 13.0. The van der Waals surface area contributed by atoms with E-state index in [1.807, 2.05) is 36.4 Å². The molecule has 0 aliphatic carbocycles. The number of hydrogen-bond donors (Lipinski definition) is 0. The molecule has 5 heteroatoms. The van der Waals surface area contributed by atoms with Crippen LogP contribution in [-0.4, -0.2) is 17.6 Å². The van der Waals surface area contributed by atoms with Gasteiger partial charge in [0.05, 0.1) is 22.9 Å². The first-order valence-electron chi connectivity index (χ1n) is 8.86. The van der Waals surface area contributed by atoms with Crippen molar-refractivity contribution in [3.05, 3.63) is 70.5 Å². The van der Waals surface area contributed by atoms with Gasteiger partial charge >= 0.3 is 0 Å². The second-order valence-corrected chi connectivity index (χ2v) is 7.43. The summed E-state index contributed by atoms with van der Waals surface area (Å²) >= 11 is 1.54. The van der Waals surface area contributed by atoms with Gasteiger partial charge in [0.1, 0.15) is 5.75 Å². The third kappa shape index (κ3) is 3.15. The molecule has 3 aromatic carbocycles. The number of carbonyl (C=O) groups is 1. The number of ether oxygens (including phenoxy) is 1. The number of nitrogens with zero attached hydrogens (tertiary/aromatic N) is 2. The van der Waals surface area contributed by atoms with Crippen LogP contribution in [0.2, 0.25) is 0 Å². The molecule has 0 saturated carbocycles. The van der Waals surface area contributed by atoms with Gasteiger partial charge in [-0.2, -0.15) is 4.99 Å². The van der Waals surface area contributed by atoms with Crippen LogP contribution in [0.15, 0.2) is 59.6 Å². The first-order chi connectivity index (χ1) is 13.1. The van der Waals surface area contributed by atoms with Gasteiger partial charge in [0.15, 0.2) is 4.80 Å². The van der Waals surface area contributed by atoms with Crippen LogP contribution in [0.4, 0.5) is 0 Å². The smallest absolute Gasteiger partial charge is 0.283 e. The van der Waals surface area contributed by atoms with Crippen LogP contribution in [0.3, 0.4) is 0 Å². The summed E-state index contributed by atoms with van der Waals surface area (Å²) in [5, 5.41) is 2.03. The lowest BCUT2D eigenvalue weighted by Gasteiger charge is -2.07. The van der Waals surface area contributed by atoms with Crippen molar-refractivity contribution in [2.24, 2.45) is 4.99 Å². The van der Waals surface area contributed by atoms with Crippen molar-refractivity contribution >= 4 is 38.2 Å². The van der Waals surface area contributed by atoms with Gasteiger partial charge in [-0.3, -0.25) is 4.79 Å². The maximum absolute atomic E-state index is 13.0. The zero-order valence-corrected chi connectivity index (χ0v) is 16.3. The molecule has 27 heavy (non-hydrogen) atoms. The first kappa shape index (κ1) is 17.5. The Bertz CT molecular complexity index is 1230. The van der Waals surface area contributed by atoms with Gasteiger partial charge in [-0.05, 0) is 54.4 Å². The Morgan fingerprint density at radius 1 is 1.11 bits per heavy atom. The minimum absolute atomic E-state index is 0.289. The lowest BCUT2D eigenvalue weighted by Crippen LogP contribution is -2.16. The lowest BCUT2D eigenvalue weighted by atomic mass is 10.1. The van der Waals surface area contributed by atoms with Crippen molar-refractivity contribution in [2.75, 3.05) is 7.11 Å². The summed E-state index contributed by atoms with van der Waals surface area (Å²) in [6.45, 7) is 4.88. The highest BCUT2D eigenvalue weighted by Crippen LogP contribution is 2.27. The van der Waals surface area contributed by atoms with Crippen LogP contribution >= 0.6 is 11.3 Å². The zero-order valence-electron chi connectivity index (χ0n) is 15.5. The highest BCUT2D eigenvalue weighted by atomic mass is 32.1. The third-order valence-corrected chi connectivity index (χ3v) is 5.69. The number of amides is 1. The van der Waals surface area contributed by atoms with Crippen molar-refractivity contribution in [1.29, 1.82) is 0 Å². The Balaban J connectivity index is 1.89. The number of rotatable bonds is 3. The first-order valence-corrected chi connectivity index (χ1v) is 9.68. The summed E-state index contributed by atoms with van der Waals surface area (Å²) in [5.41, 5.74) is 2.78. The number of methoxy groups -OCH3 is 1. The molecule has 0 radical (unpaired) electrons. The van der Waals surface area contributed by atoms with E-state index < -0.39 is 0 Å². The fourth-order valence-electron chi connectivity index (χ4n) is 3.27. The predicted molar refractivity (Wildman–Crippen MR) is 111 cm³/mol. The van der Waals surface area contributed by atoms with Crippen molar-refractivity contribution in [3.8, 4) is 5.75 Å². The van der Waals surface area contributed by atoms with Crippen LogP contribution in [-0.2, 0) is 6.54 Å². The number of aryl methyl sites for hydroxylation is 2. The number of thiazole rings is 1. The molecule has 1 aromatic heterocycles. The fraction of sp³-hybridized carbons (Fsp3) is 0.182. The van der Waals surface area contributed by atoms with Gasteiger partial charge in [0.25, 0.3) is 5.91 Å². The number of benzene rings is 3. The quantitative estimate of drug-likeness (QED) is 0.509. The second-order valence-electron chi connectivity index (χ2n) is 6.42. The molecule has 0 saturated heterocycles. The van der Waals surface area contributed by atoms with Crippen LogP contribution in [0.25, 0.3) is 21.0 Å². The Labute approximate surface area is 161 Å². The SMILES string of the molecule is CCn1c(=NC(=O)c2cc3ccccc3cc2OC)sc2cc(C)ccc21. The van der Waals surface area contributed by atoms with Crippen molar-refractivity contribution in [2.45, 2.75) is 20.4 Å². The van der Waals surface area contributed by atoms with E-state index in [1.54, 1.807) is 7.11 Å². The Morgan fingerprint density at radius 3 is 2.56 bits per heavy atom. The van der Waals surface area contributed by atoms with Crippen LogP contribution in [0.5, 0.6) is 5.75 Å². The highest BCUT2D eigenvalue weighted by Gasteiger charge is 2.14. The highest BCUT2D eigenvalue weighted by molar-refractivity contribution is 7.16. The van der Waals surface area contributed by atoms with Crippen LogP contribution in [0, 0.1) is 6.92 Å². The minimum atomic E-state index is -0.289. The third-order valence-electron chi connectivity index (χ3n) is 4.65. The van der Waals surface area contributed by atoms with E-state index in [1.165, 1.54) is 16.9 Å².